The monoisotopic (exact) mass is 280 g/mol. The normalized spacial score (nSPS) is 11.0. The van der Waals surface area contributed by atoms with Gasteiger partial charge in [-0.25, -0.2) is 4.79 Å². The highest BCUT2D eigenvalue weighted by Gasteiger charge is 2.30. The van der Waals surface area contributed by atoms with Crippen molar-refractivity contribution in [1.29, 1.82) is 0 Å². The molecule has 4 N–H and O–H groups in total. The number of nitrogens with two attached hydrogens (primary N) is 1. The second kappa shape index (κ2) is 6.38. The van der Waals surface area contributed by atoms with Crippen LogP contribution in [0, 0.1) is 0 Å². The smallest absolute Gasteiger partial charge is 0.339 e. The van der Waals surface area contributed by atoms with Gasteiger partial charge in [-0.1, -0.05) is 13.8 Å². The zero-order chi connectivity index (χ0) is 15.3. The van der Waals surface area contributed by atoms with Gasteiger partial charge in [0.15, 0.2) is 0 Å². The molecule has 0 fully saturated rings. The van der Waals surface area contributed by atoms with E-state index in [1.165, 1.54) is 25.3 Å². The van der Waals surface area contributed by atoms with E-state index in [1.54, 1.807) is 0 Å². The van der Waals surface area contributed by atoms with Crippen LogP contribution in [0.3, 0.4) is 0 Å². The molecular weight excluding hydrogens is 260 g/mol. The van der Waals surface area contributed by atoms with Crippen molar-refractivity contribution in [2.45, 2.75) is 32.2 Å². The molecule has 0 aliphatic carbocycles. The van der Waals surface area contributed by atoms with E-state index in [0.29, 0.717) is 18.5 Å². The summed E-state index contributed by atoms with van der Waals surface area (Å²) in [6.07, 6.45) is 1.03. The Kier molecular flexibility index (Phi) is 5.10. The van der Waals surface area contributed by atoms with Crippen LogP contribution in [0.5, 0.6) is 5.75 Å². The summed E-state index contributed by atoms with van der Waals surface area (Å²) < 4.78 is 5.00. The maximum Gasteiger partial charge on any atom is 0.339 e. The maximum absolute atomic E-state index is 12.1. The first-order chi connectivity index (χ1) is 9.37. The van der Waals surface area contributed by atoms with E-state index in [1.807, 2.05) is 13.8 Å². The van der Waals surface area contributed by atoms with E-state index < -0.39 is 11.5 Å². The molecule has 20 heavy (non-hydrogen) atoms. The van der Waals surface area contributed by atoms with Gasteiger partial charge < -0.3 is 20.9 Å². The molecule has 0 spiro atoms. The van der Waals surface area contributed by atoms with Crippen molar-refractivity contribution in [3.63, 3.8) is 0 Å². The molecule has 0 radical (unpaired) electrons. The summed E-state index contributed by atoms with van der Waals surface area (Å²) in [5.74, 6) is -1.20. The number of hydrogen-bond acceptors (Lipinski definition) is 4. The lowest BCUT2D eigenvalue weighted by Gasteiger charge is -2.25. The maximum atomic E-state index is 12.1. The minimum absolute atomic E-state index is 0.0375. The number of carbonyl (C=O) groups is 2. The zero-order valence-electron chi connectivity index (χ0n) is 11.9. The van der Waals surface area contributed by atoms with E-state index in [4.69, 9.17) is 15.6 Å². The number of benzene rings is 1. The second-order valence-electron chi connectivity index (χ2n) is 4.54. The van der Waals surface area contributed by atoms with Crippen LogP contribution in [-0.4, -0.2) is 29.6 Å². The number of rotatable bonds is 6. The fourth-order valence-electron chi connectivity index (χ4n) is 1.77. The van der Waals surface area contributed by atoms with Crippen molar-refractivity contribution in [3.05, 3.63) is 23.8 Å². The predicted molar refractivity (Wildman–Crippen MR) is 76.1 cm³/mol. The molecule has 0 unspecified atom stereocenters. The van der Waals surface area contributed by atoms with E-state index >= 15 is 0 Å². The van der Waals surface area contributed by atoms with Crippen molar-refractivity contribution >= 4 is 17.6 Å². The van der Waals surface area contributed by atoms with Crippen molar-refractivity contribution in [2.24, 2.45) is 5.73 Å². The second-order valence-corrected chi connectivity index (χ2v) is 4.54. The Morgan fingerprint density at radius 1 is 1.35 bits per heavy atom. The first kappa shape index (κ1) is 16.0. The number of anilines is 1. The molecule has 0 aliphatic heterocycles. The van der Waals surface area contributed by atoms with Crippen LogP contribution >= 0.6 is 0 Å². The number of carboxylic acid groups (broad SMARTS) is 1. The van der Waals surface area contributed by atoms with Gasteiger partial charge in [-0.2, -0.15) is 0 Å². The number of methoxy groups -OCH3 is 1. The van der Waals surface area contributed by atoms with Gasteiger partial charge in [-0.3, -0.25) is 4.79 Å². The fraction of sp³-hybridized carbons (Fsp3) is 0.429. The minimum Gasteiger partial charge on any atom is -0.496 e. The Morgan fingerprint density at radius 3 is 2.40 bits per heavy atom. The number of carbonyl (C=O) groups excluding carboxylic acids is 1. The number of carboxylic acids is 1. The number of nitrogens with one attached hydrogen (secondary N) is 1. The quantitative estimate of drug-likeness (QED) is 0.738. The summed E-state index contributed by atoms with van der Waals surface area (Å²) in [6, 6.07) is 4.36. The molecule has 0 bridgehead atoms. The van der Waals surface area contributed by atoms with E-state index in [2.05, 4.69) is 5.32 Å². The van der Waals surface area contributed by atoms with Crippen LogP contribution in [0.15, 0.2) is 18.2 Å². The third-order valence-corrected chi connectivity index (χ3v) is 3.40. The van der Waals surface area contributed by atoms with Crippen LogP contribution < -0.4 is 15.8 Å². The SMILES string of the molecule is CCC(N)(CC)C(=O)Nc1ccc(C(=O)O)c(OC)c1. The van der Waals surface area contributed by atoms with Crippen LogP contribution in [0.1, 0.15) is 37.0 Å². The van der Waals surface area contributed by atoms with Gasteiger partial charge in [0.2, 0.25) is 5.91 Å². The topological polar surface area (TPSA) is 102 Å². The van der Waals surface area contributed by atoms with Gasteiger partial charge in [0, 0.05) is 11.8 Å². The van der Waals surface area contributed by atoms with Crippen molar-refractivity contribution in [3.8, 4) is 5.75 Å². The molecule has 1 aromatic rings. The number of aromatic carboxylic acids is 1. The predicted octanol–water partition coefficient (Wildman–Crippen LogP) is 1.85. The Hall–Kier alpha value is -2.08. The van der Waals surface area contributed by atoms with Crippen molar-refractivity contribution < 1.29 is 19.4 Å². The van der Waals surface area contributed by atoms with Gasteiger partial charge >= 0.3 is 5.97 Å². The highest BCUT2D eigenvalue weighted by atomic mass is 16.5. The van der Waals surface area contributed by atoms with Crippen molar-refractivity contribution in [2.75, 3.05) is 12.4 Å². The fourth-order valence-corrected chi connectivity index (χ4v) is 1.77. The van der Waals surface area contributed by atoms with Gasteiger partial charge in [-0.05, 0) is 25.0 Å². The third-order valence-electron chi connectivity index (χ3n) is 3.40. The molecule has 0 aliphatic rings. The number of ether oxygens (including phenoxy) is 1. The lowest BCUT2D eigenvalue weighted by molar-refractivity contribution is -0.121. The highest BCUT2D eigenvalue weighted by molar-refractivity contribution is 5.99. The average Bonchev–Trinajstić information content (AvgIpc) is 2.45. The Labute approximate surface area is 117 Å². The molecule has 0 saturated heterocycles. The standard InChI is InChI=1S/C14H20N2O4/c1-4-14(15,5-2)13(19)16-9-6-7-10(12(17)18)11(8-9)20-3/h6-8H,4-5,15H2,1-3H3,(H,16,19)(H,17,18). The molecule has 6 heteroatoms. The summed E-state index contributed by atoms with van der Waals surface area (Å²) in [5, 5.41) is 11.7. The Morgan fingerprint density at radius 2 is 1.95 bits per heavy atom. The first-order valence-electron chi connectivity index (χ1n) is 6.39. The molecule has 0 saturated carbocycles. The third kappa shape index (κ3) is 3.27. The summed E-state index contributed by atoms with van der Waals surface area (Å²) in [6.45, 7) is 3.69. The van der Waals surface area contributed by atoms with Gasteiger partial charge in [0.25, 0.3) is 0 Å². The summed E-state index contributed by atoms with van der Waals surface area (Å²) >= 11 is 0. The molecule has 0 atom stereocenters. The lowest BCUT2D eigenvalue weighted by Crippen LogP contribution is -2.50. The van der Waals surface area contributed by atoms with E-state index in [-0.39, 0.29) is 17.2 Å². The molecule has 1 aromatic carbocycles. The van der Waals surface area contributed by atoms with Crippen LogP contribution in [0.25, 0.3) is 0 Å². The minimum atomic E-state index is -1.09. The van der Waals surface area contributed by atoms with Gasteiger partial charge in [-0.15, -0.1) is 0 Å². The van der Waals surface area contributed by atoms with Crippen LogP contribution in [-0.2, 0) is 4.79 Å². The molecule has 6 nitrogen and oxygen atoms in total. The molecule has 0 heterocycles. The first-order valence-corrected chi connectivity index (χ1v) is 6.39. The molecule has 0 aromatic heterocycles. The Balaban J connectivity index is 3.00. The molecule has 110 valence electrons. The summed E-state index contributed by atoms with van der Waals surface area (Å²) in [5.41, 5.74) is 5.56. The van der Waals surface area contributed by atoms with E-state index in [0.717, 1.165) is 0 Å². The largest absolute Gasteiger partial charge is 0.496 e. The average molecular weight is 280 g/mol. The van der Waals surface area contributed by atoms with Crippen molar-refractivity contribution in [1.82, 2.24) is 0 Å². The highest BCUT2D eigenvalue weighted by Crippen LogP contribution is 2.24. The summed E-state index contributed by atoms with van der Waals surface area (Å²) in [7, 11) is 1.37. The van der Waals surface area contributed by atoms with E-state index in [9.17, 15) is 9.59 Å². The lowest BCUT2D eigenvalue weighted by atomic mass is 9.93. The Bertz CT molecular complexity index is 510. The zero-order valence-corrected chi connectivity index (χ0v) is 11.9. The van der Waals surface area contributed by atoms with Gasteiger partial charge in [0.1, 0.15) is 11.3 Å². The summed E-state index contributed by atoms with van der Waals surface area (Å²) in [4.78, 5) is 23.1. The van der Waals surface area contributed by atoms with Gasteiger partial charge in [0.05, 0.1) is 12.6 Å². The van der Waals surface area contributed by atoms with Crippen LogP contribution in [0.4, 0.5) is 5.69 Å². The number of amides is 1. The number of hydrogen-bond donors (Lipinski definition) is 3. The van der Waals surface area contributed by atoms with Crippen LogP contribution in [0.2, 0.25) is 0 Å². The molecule has 1 rings (SSSR count). The molecule has 1 amide bonds. The molecular formula is C14H20N2O4.